The fraction of sp³-hybridized carbons (Fsp3) is 0.133. The maximum atomic E-state index is 13.5. The molecule has 0 radical (unpaired) electrons. The van der Waals surface area contributed by atoms with E-state index in [-0.39, 0.29) is 0 Å². The van der Waals surface area contributed by atoms with Gasteiger partial charge in [-0.3, -0.25) is 4.79 Å². The van der Waals surface area contributed by atoms with E-state index in [1.54, 1.807) is 24.3 Å². The fourth-order valence-corrected chi connectivity index (χ4v) is 1.98. The zero-order chi connectivity index (χ0) is 15.4. The van der Waals surface area contributed by atoms with Crippen molar-refractivity contribution in [3.8, 4) is 0 Å². The number of carbonyl (C=O) groups is 1. The van der Waals surface area contributed by atoms with Crippen LogP contribution in [0.5, 0.6) is 0 Å². The molecule has 0 saturated carbocycles. The van der Waals surface area contributed by atoms with Crippen LogP contribution in [-0.4, -0.2) is 11.8 Å². The lowest BCUT2D eigenvalue weighted by Crippen LogP contribution is -2.15. The van der Waals surface area contributed by atoms with Crippen molar-refractivity contribution in [3.63, 3.8) is 0 Å². The van der Waals surface area contributed by atoms with E-state index in [0.717, 1.165) is 11.6 Å². The van der Waals surface area contributed by atoms with Gasteiger partial charge in [-0.05, 0) is 36.2 Å². The summed E-state index contributed by atoms with van der Waals surface area (Å²) in [6.45, 7) is 0. The number of amides is 1. The highest BCUT2D eigenvalue weighted by molar-refractivity contribution is 6.18. The van der Waals surface area contributed by atoms with Gasteiger partial charge in [0.05, 0.1) is 5.56 Å². The van der Waals surface area contributed by atoms with Crippen LogP contribution in [0.1, 0.15) is 15.9 Å². The Hall–Kier alpha value is -2.01. The first kappa shape index (κ1) is 15.4. The van der Waals surface area contributed by atoms with Crippen LogP contribution in [0.4, 0.5) is 18.9 Å². The highest BCUT2D eigenvalue weighted by Crippen LogP contribution is 2.17. The van der Waals surface area contributed by atoms with Gasteiger partial charge >= 0.3 is 0 Å². The summed E-state index contributed by atoms with van der Waals surface area (Å²) in [6, 6.07) is 8.37. The van der Waals surface area contributed by atoms with E-state index in [4.69, 9.17) is 11.6 Å². The van der Waals surface area contributed by atoms with Crippen LogP contribution in [0.25, 0.3) is 0 Å². The Kier molecular flexibility index (Phi) is 4.85. The number of rotatable bonds is 4. The number of hydrogen-bond acceptors (Lipinski definition) is 1. The molecule has 6 heteroatoms. The highest BCUT2D eigenvalue weighted by atomic mass is 35.5. The van der Waals surface area contributed by atoms with Crippen LogP contribution < -0.4 is 5.32 Å². The second-order valence-electron chi connectivity index (χ2n) is 4.31. The Balaban J connectivity index is 2.16. The molecule has 0 spiro atoms. The number of carbonyl (C=O) groups excluding carboxylic acids is 1. The molecule has 0 atom stereocenters. The molecule has 0 aromatic heterocycles. The second-order valence-corrected chi connectivity index (χ2v) is 4.69. The number of anilines is 1. The topological polar surface area (TPSA) is 29.1 Å². The molecule has 2 nitrogen and oxygen atoms in total. The first-order valence-corrected chi connectivity index (χ1v) is 6.66. The minimum atomic E-state index is -1.67. The van der Waals surface area contributed by atoms with E-state index in [1.807, 2.05) is 0 Å². The van der Waals surface area contributed by atoms with Crippen molar-refractivity contribution in [2.24, 2.45) is 0 Å². The van der Waals surface area contributed by atoms with Gasteiger partial charge in [0.25, 0.3) is 5.91 Å². The Morgan fingerprint density at radius 3 is 2.29 bits per heavy atom. The molecule has 0 aliphatic carbocycles. The first-order valence-electron chi connectivity index (χ1n) is 6.12. The average Bonchev–Trinajstić information content (AvgIpc) is 2.47. The van der Waals surface area contributed by atoms with E-state index in [9.17, 15) is 18.0 Å². The molecule has 0 unspecified atom stereocenters. The molecule has 21 heavy (non-hydrogen) atoms. The lowest BCUT2D eigenvalue weighted by atomic mass is 10.1. The van der Waals surface area contributed by atoms with E-state index in [0.29, 0.717) is 24.1 Å². The molecule has 0 fully saturated rings. The molecule has 0 saturated heterocycles. The minimum Gasteiger partial charge on any atom is -0.322 e. The number of nitrogens with one attached hydrogen (secondary N) is 1. The quantitative estimate of drug-likeness (QED) is 0.667. The summed E-state index contributed by atoms with van der Waals surface area (Å²) in [5.74, 6) is -4.89. The molecular formula is C15H11ClF3NO. The van der Waals surface area contributed by atoms with Crippen molar-refractivity contribution < 1.29 is 18.0 Å². The van der Waals surface area contributed by atoms with Crippen molar-refractivity contribution in [1.82, 2.24) is 0 Å². The largest absolute Gasteiger partial charge is 0.322 e. The van der Waals surface area contributed by atoms with Crippen molar-refractivity contribution in [2.45, 2.75) is 6.42 Å². The summed E-state index contributed by atoms with van der Waals surface area (Å²) in [5, 5.41) is 2.41. The molecule has 110 valence electrons. The molecule has 0 aliphatic rings. The van der Waals surface area contributed by atoms with Crippen molar-refractivity contribution in [3.05, 3.63) is 65.0 Å². The van der Waals surface area contributed by atoms with Gasteiger partial charge in [-0.2, -0.15) is 0 Å². The third-order valence-corrected chi connectivity index (χ3v) is 3.06. The van der Waals surface area contributed by atoms with Gasteiger partial charge in [-0.1, -0.05) is 12.1 Å². The van der Waals surface area contributed by atoms with Crippen molar-refractivity contribution in [2.75, 3.05) is 11.2 Å². The Morgan fingerprint density at radius 1 is 1.00 bits per heavy atom. The Labute approximate surface area is 124 Å². The average molecular weight is 314 g/mol. The summed E-state index contributed by atoms with van der Waals surface area (Å²) < 4.78 is 39.4. The fourth-order valence-electron chi connectivity index (χ4n) is 1.76. The molecule has 1 amide bonds. The van der Waals surface area contributed by atoms with Gasteiger partial charge in [0, 0.05) is 11.6 Å². The molecule has 0 aliphatic heterocycles. The predicted octanol–water partition coefficient (Wildman–Crippen LogP) is 4.14. The molecule has 0 heterocycles. The molecule has 2 aromatic carbocycles. The molecule has 0 bridgehead atoms. The lowest BCUT2D eigenvalue weighted by Gasteiger charge is -2.07. The maximum absolute atomic E-state index is 13.5. The van der Waals surface area contributed by atoms with E-state index >= 15 is 0 Å². The Morgan fingerprint density at radius 2 is 1.67 bits per heavy atom. The van der Waals surface area contributed by atoms with E-state index in [2.05, 4.69) is 5.32 Å². The van der Waals surface area contributed by atoms with Crippen LogP contribution in [0.15, 0.2) is 36.4 Å². The number of alkyl halides is 1. The van der Waals surface area contributed by atoms with Crippen LogP contribution in [-0.2, 0) is 6.42 Å². The maximum Gasteiger partial charge on any atom is 0.258 e. The zero-order valence-corrected chi connectivity index (χ0v) is 11.6. The predicted molar refractivity (Wildman–Crippen MR) is 75.1 cm³/mol. The van der Waals surface area contributed by atoms with Gasteiger partial charge in [-0.25, -0.2) is 13.2 Å². The van der Waals surface area contributed by atoms with Crippen LogP contribution >= 0.6 is 11.6 Å². The summed E-state index contributed by atoms with van der Waals surface area (Å²) in [5.41, 5.74) is 0.850. The first-order chi connectivity index (χ1) is 10.0. The summed E-state index contributed by atoms with van der Waals surface area (Å²) in [7, 11) is 0. The number of halogens is 4. The van der Waals surface area contributed by atoms with Crippen LogP contribution in [0, 0.1) is 17.5 Å². The van der Waals surface area contributed by atoms with Gasteiger partial charge in [0.15, 0.2) is 17.5 Å². The zero-order valence-electron chi connectivity index (χ0n) is 10.8. The van der Waals surface area contributed by atoms with Crippen molar-refractivity contribution >= 4 is 23.2 Å². The second kappa shape index (κ2) is 6.63. The minimum absolute atomic E-state index is 0.419. The number of aryl methyl sites for hydroxylation is 1. The monoisotopic (exact) mass is 313 g/mol. The number of benzene rings is 2. The summed E-state index contributed by atoms with van der Waals surface area (Å²) in [4.78, 5) is 11.8. The van der Waals surface area contributed by atoms with Crippen LogP contribution in [0.3, 0.4) is 0 Å². The van der Waals surface area contributed by atoms with Gasteiger partial charge in [0.2, 0.25) is 0 Å². The Bertz CT molecular complexity index is 659. The van der Waals surface area contributed by atoms with Gasteiger partial charge in [-0.15, -0.1) is 11.6 Å². The normalized spacial score (nSPS) is 10.5. The number of hydrogen-bond donors (Lipinski definition) is 1. The molecule has 2 rings (SSSR count). The smallest absolute Gasteiger partial charge is 0.258 e. The summed E-state index contributed by atoms with van der Waals surface area (Å²) >= 11 is 5.61. The molecule has 2 aromatic rings. The molecule has 1 N–H and O–H groups in total. The van der Waals surface area contributed by atoms with Crippen molar-refractivity contribution in [1.29, 1.82) is 0 Å². The van der Waals surface area contributed by atoms with Crippen LogP contribution in [0.2, 0.25) is 0 Å². The molecular weight excluding hydrogens is 303 g/mol. The SMILES string of the molecule is O=C(Nc1ccc(CCCl)cc1)c1ccc(F)c(F)c1F. The summed E-state index contributed by atoms with van der Waals surface area (Å²) in [6.07, 6.45) is 0.688. The van der Waals surface area contributed by atoms with E-state index < -0.39 is 28.9 Å². The van der Waals surface area contributed by atoms with Gasteiger partial charge < -0.3 is 5.32 Å². The van der Waals surface area contributed by atoms with Gasteiger partial charge in [0.1, 0.15) is 0 Å². The standard InChI is InChI=1S/C15H11ClF3NO/c16-8-7-9-1-3-10(4-2-9)20-15(21)11-5-6-12(17)14(19)13(11)18/h1-6H,7-8H2,(H,20,21). The van der Waals surface area contributed by atoms with E-state index in [1.165, 1.54) is 0 Å². The lowest BCUT2D eigenvalue weighted by molar-refractivity contribution is 0.102. The third kappa shape index (κ3) is 3.55. The third-order valence-electron chi connectivity index (χ3n) is 2.87. The highest BCUT2D eigenvalue weighted by Gasteiger charge is 2.18.